The van der Waals surface area contributed by atoms with Gasteiger partial charge in [-0.2, -0.15) is 0 Å². The number of benzene rings is 1. The molecule has 0 radical (unpaired) electrons. The van der Waals surface area contributed by atoms with E-state index in [-0.39, 0.29) is 11.9 Å². The molecule has 92 valence electrons. The molecular weight excluding hydrogens is 289 g/mol. The van der Waals surface area contributed by atoms with Gasteiger partial charge in [-0.05, 0) is 35.3 Å². The van der Waals surface area contributed by atoms with E-state index < -0.39 is 0 Å². The summed E-state index contributed by atoms with van der Waals surface area (Å²) < 4.78 is 20.6. The van der Waals surface area contributed by atoms with Gasteiger partial charge >= 0.3 is 0 Å². The Labute approximate surface area is 107 Å². The first kappa shape index (κ1) is 12.4. The maximum atomic E-state index is 13.3. The number of fused-ring (bicyclic) bond motifs is 1. The molecule has 0 N–H and O–H groups in total. The van der Waals surface area contributed by atoms with Crippen LogP contribution in [0.4, 0.5) is 4.39 Å². The van der Waals surface area contributed by atoms with Crippen LogP contribution in [0.15, 0.2) is 16.6 Å². The summed E-state index contributed by atoms with van der Waals surface area (Å²) in [6.07, 6.45) is 1.00. The van der Waals surface area contributed by atoms with Crippen molar-refractivity contribution in [2.24, 2.45) is 0 Å². The highest BCUT2D eigenvalue weighted by atomic mass is 79.9. The Morgan fingerprint density at radius 1 is 1.53 bits per heavy atom. The van der Waals surface area contributed by atoms with Crippen LogP contribution in [-0.2, 0) is 11.3 Å². The SMILES string of the molecule is COC(C)CCn1nnc2cc(F)c(Br)cc21. The number of aryl methyl sites for hydroxylation is 1. The van der Waals surface area contributed by atoms with Gasteiger partial charge in [0, 0.05) is 19.7 Å². The first-order valence-corrected chi connectivity index (χ1v) is 6.12. The number of nitrogens with zero attached hydrogens (tertiary/aromatic N) is 3. The van der Waals surface area contributed by atoms with Crippen LogP contribution in [-0.4, -0.2) is 28.2 Å². The zero-order valence-electron chi connectivity index (χ0n) is 9.65. The number of rotatable bonds is 4. The van der Waals surface area contributed by atoms with E-state index in [2.05, 4.69) is 26.2 Å². The van der Waals surface area contributed by atoms with Gasteiger partial charge in [0.25, 0.3) is 0 Å². The minimum atomic E-state index is -0.324. The Kier molecular flexibility index (Phi) is 3.73. The largest absolute Gasteiger partial charge is 0.382 e. The Morgan fingerprint density at radius 3 is 3.00 bits per heavy atom. The fourth-order valence-electron chi connectivity index (χ4n) is 1.55. The Morgan fingerprint density at radius 2 is 2.29 bits per heavy atom. The van der Waals surface area contributed by atoms with Crippen LogP contribution >= 0.6 is 15.9 Å². The lowest BCUT2D eigenvalue weighted by Gasteiger charge is -2.09. The number of methoxy groups -OCH3 is 1. The molecule has 0 fully saturated rings. The third kappa shape index (κ3) is 2.63. The monoisotopic (exact) mass is 301 g/mol. The molecule has 0 aliphatic carbocycles. The standard InChI is InChI=1S/C11H13BrFN3O/c1-7(17-2)3-4-16-11-5-8(12)9(13)6-10(11)14-15-16/h5-7H,3-4H2,1-2H3. The fourth-order valence-corrected chi connectivity index (χ4v) is 1.88. The molecule has 1 aromatic carbocycles. The molecule has 1 atom stereocenters. The highest BCUT2D eigenvalue weighted by Crippen LogP contribution is 2.22. The smallest absolute Gasteiger partial charge is 0.139 e. The maximum absolute atomic E-state index is 13.3. The van der Waals surface area contributed by atoms with Crippen LogP contribution in [0.2, 0.25) is 0 Å². The molecule has 0 spiro atoms. The van der Waals surface area contributed by atoms with Crippen molar-refractivity contribution >= 4 is 27.0 Å². The topological polar surface area (TPSA) is 39.9 Å². The molecule has 2 aromatic rings. The summed E-state index contributed by atoms with van der Waals surface area (Å²) in [5, 5.41) is 7.94. The van der Waals surface area contributed by atoms with Crippen LogP contribution in [0.5, 0.6) is 0 Å². The van der Waals surface area contributed by atoms with E-state index >= 15 is 0 Å². The Bertz CT molecular complexity index is 529. The third-order valence-electron chi connectivity index (χ3n) is 2.71. The second-order valence-corrected chi connectivity index (χ2v) is 4.76. The number of halogens is 2. The maximum Gasteiger partial charge on any atom is 0.139 e. The molecule has 2 rings (SSSR count). The van der Waals surface area contributed by atoms with Crippen molar-refractivity contribution in [2.45, 2.75) is 26.0 Å². The molecule has 1 heterocycles. The lowest BCUT2D eigenvalue weighted by atomic mass is 10.2. The second kappa shape index (κ2) is 5.10. The molecule has 0 saturated carbocycles. The molecule has 6 heteroatoms. The van der Waals surface area contributed by atoms with E-state index in [1.807, 2.05) is 6.92 Å². The number of hydrogen-bond acceptors (Lipinski definition) is 3. The van der Waals surface area contributed by atoms with E-state index in [4.69, 9.17) is 4.74 Å². The van der Waals surface area contributed by atoms with Crippen LogP contribution in [0.25, 0.3) is 11.0 Å². The van der Waals surface area contributed by atoms with Crippen molar-refractivity contribution < 1.29 is 9.13 Å². The van der Waals surface area contributed by atoms with Crippen molar-refractivity contribution in [1.29, 1.82) is 0 Å². The van der Waals surface area contributed by atoms with Crippen LogP contribution in [0.3, 0.4) is 0 Å². The van der Waals surface area contributed by atoms with Gasteiger partial charge in [-0.25, -0.2) is 9.07 Å². The minimum Gasteiger partial charge on any atom is -0.382 e. The Balaban J connectivity index is 2.26. The van der Waals surface area contributed by atoms with Crippen molar-refractivity contribution in [2.75, 3.05) is 7.11 Å². The summed E-state index contributed by atoms with van der Waals surface area (Å²) in [4.78, 5) is 0. The summed E-state index contributed by atoms with van der Waals surface area (Å²) in [5.41, 5.74) is 1.39. The average molecular weight is 302 g/mol. The van der Waals surface area contributed by atoms with Gasteiger partial charge in [-0.15, -0.1) is 5.10 Å². The van der Waals surface area contributed by atoms with Crippen molar-refractivity contribution in [3.05, 3.63) is 22.4 Å². The normalized spacial score (nSPS) is 13.2. The lowest BCUT2D eigenvalue weighted by Crippen LogP contribution is -2.10. The van der Waals surface area contributed by atoms with Gasteiger partial charge in [0.2, 0.25) is 0 Å². The third-order valence-corrected chi connectivity index (χ3v) is 3.31. The van der Waals surface area contributed by atoms with E-state index in [1.165, 1.54) is 6.07 Å². The van der Waals surface area contributed by atoms with Gasteiger partial charge in [-0.1, -0.05) is 5.21 Å². The van der Waals surface area contributed by atoms with Crippen LogP contribution < -0.4 is 0 Å². The van der Waals surface area contributed by atoms with E-state index in [0.717, 1.165) is 11.9 Å². The van der Waals surface area contributed by atoms with Gasteiger partial charge < -0.3 is 4.74 Å². The van der Waals surface area contributed by atoms with Crippen molar-refractivity contribution in [3.8, 4) is 0 Å². The average Bonchev–Trinajstić information content (AvgIpc) is 2.69. The zero-order chi connectivity index (χ0) is 12.4. The fraction of sp³-hybridized carbons (Fsp3) is 0.455. The summed E-state index contributed by atoms with van der Waals surface area (Å²) >= 11 is 3.16. The van der Waals surface area contributed by atoms with Crippen molar-refractivity contribution in [3.63, 3.8) is 0 Å². The lowest BCUT2D eigenvalue weighted by molar-refractivity contribution is 0.106. The van der Waals surface area contributed by atoms with Crippen LogP contribution in [0, 0.1) is 5.82 Å². The van der Waals surface area contributed by atoms with E-state index in [1.54, 1.807) is 17.9 Å². The summed E-state index contributed by atoms with van der Waals surface area (Å²) in [7, 11) is 1.68. The zero-order valence-corrected chi connectivity index (χ0v) is 11.2. The molecular formula is C11H13BrFN3O. The summed E-state index contributed by atoms with van der Waals surface area (Å²) in [6, 6.07) is 3.07. The molecule has 0 bridgehead atoms. The number of hydrogen-bond donors (Lipinski definition) is 0. The number of ether oxygens (including phenoxy) is 1. The predicted octanol–water partition coefficient (Wildman–Crippen LogP) is 2.76. The number of aromatic nitrogens is 3. The van der Waals surface area contributed by atoms with Gasteiger partial charge in [0.05, 0.1) is 16.1 Å². The first-order valence-electron chi connectivity index (χ1n) is 5.33. The molecule has 4 nitrogen and oxygen atoms in total. The Hall–Kier alpha value is -1.01. The van der Waals surface area contributed by atoms with Gasteiger partial charge in [0.1, 0.15) is 11.3 Å². The molecule has 0 amide bonds. The molecule has 1 unspecified atom stereocenters. The quantitative estimate of drug-likeness (QED) is 0.872. The highest BCUT2D eigenvalue weighted by Gasteiger charge is 2.09. The highest BCUT2D eigenvalue weighted by molar-refractivity contribution is 9.10. The van der Waals surface area contributed by atoms with E-state index in [9.17, 15) is 4.39 Å². The molecule has 0 aliphatic heterocycles. The van der Waals surface area contributed by atoms with Crippen molar-refractivity contribution in [1.82, 2.24) is 15.0 Å². The van der Waals surface area contributed by atoms with Crippen LogP contribution in [0.1, 0.15) is 13.3 Å². The predicted molar refractivity (Wildman–Crippen MR) is 66.3 cm³/mol. The second-order valence-electron chi connectivity index (χ2n) is 3.90. The van der Waals surface area contributed by atoms with E-state index in [0.29, 0.717) is 16.5 Å². The van der Waals surface area contributed by atoms with Gasteiger partial charge in [0.15, 0.2) is 0 Å². The molecule has 1 aromatic heterocycles. The first-order chi connectivity index (χ1) is 8.11. The minimum absolute atomic E-state index is 0.165. The summed E-state index contributed by atoms with van der Waals surface area (Å²) in [6.45, 7) is 2.69. The molecule has 17 heavy (non-hydrogen) atoms. The summed E-state index contributed by atoms with van der Waals surface area (Å²) in [5.74, 6) is -0.324. The molecule has 0 saturated heterocycles. The van der Waals surface area contributed by atoms with Gasteiger partial charge in [-0.3, -0.25) is 0 Å². The molecule has 0 aliphatic rings.